The molecule has 3 heterocycles. The minimum absolute atomic E-state index is 0.378. The zero-order valence-electron chi connectivity index (χ0n) is 12.5. The number of hydrogen-bond acceptors (Lipinski definition) is 3. The lowest BCUT2D eigenvalue weighted by atomic mass is 9.89. The van der Waals surface area contributed by atoms with Crippen molar-refractivity contribution in [3.8, 4) is 0 Å². The molecule has 5 heteroatoms. The van der Waals surface area contributed by atoms with Gasteiger partial charge >= 0.3 is 0 Å². The summed E-state index contributed by atoms with van der Waals surface area (Å²) in [6.07, 6.45) is 4.43. The smallest absolute Gasteiger partial charge is 0.104 e. The highest BCUT2D eigenvalue weighted by Gasteiger charge is 2.42. The van der Waals surface area contributed by atoms with E-state index in [1.165, 1.54) is 35.7 Å². The average Bonchev–Trinajstić information content (AvgIpc) is 2.68. The van der Waals surface area contributed by atoms with Crippen molar-refractivity contribution in [2.24, 2.45) is 0 Å². The molecular weight excluding hydrogens is 335 g/mol. The van der Waals surface area contributed by atoms with Gasteiger partial charge < -0.3 is 4.90 Å². The number of piperidine rings is 1. The Morgan fingerprint density at radius 1 is 1.32 bits per heavy atom. The second kappa shape index (κ2) is 6.27. The molecule has 1 saturated heterocycles. The van der Waals surface area contributed by atoms with E-state index in [2.05, 4.69) is 28.0 Å². The SMILES string of the molecule is ClC(Cl)=CCN1CCC2C(C1)c1cccc3c1N2CCCS3. The Morgan fingerprint density at radius 3 is 3.09 bits per heavy atom. The molecule has 0 aliphatic carbocycles. The Morgan fingerprint density at radius 2 is 2.23 bits per heavy atom. The third-order valence-electron chi connectivity index (χ3n) is 5.08. The van der Waals surface area contributed by atoms with E-state index >= 15 is 0 Å². The molecule has 1 aromatic rings. The highest BCUT2D eigenvalue weighted by Crippen LogP contribution is 2.50. The number of halogens is 2. The van der Waals surface area contributed by atoms with Crippen LogP contribution in [-0.2, 0) is 0 Å². The maximum Gasteiger partial charge on any atom is 0.104 e. The molecule has 1 fully saturated rings. The summed E-state index contributed by atoms with van der Waals surface area (Å²) in [6, 6.07) is 7.56. The van der Waals surface area contributed by atoms with Crippen molar-refractivity contribution in [1.29, 1.82) is 0 Å². The zero-order chi connectivity index (χ0) is 15.1. The van der Waals surface area contributed by atoms with Gasteiger partial charge in [0.25, 0.3) is 0 Å². The third-order valence-corrected chi connectivity index (χ3v) is 6.52. The number of rotatable bonds is 2. The number of anilines is 1. The van der Waals surface area contributed by atoms with Crippen LogP contribution in [0.15, 0.2) is 33.7 Å². The van der Waals surface area contributed by atoms with Crippen LogP contribution >= 0.6 is 35.0 Å². The van der Waals surface area contributed by atoms with E-state index in [0.717, 1.165) is 19.6 Å². The van der Waals surface area contributed by atoms with Crippen molar-refractivity contribution in [2.45, 2.75) is 29.7 Å². The predicted molar refractivity (Wildman–Crippen MR) is 96.5 cm³/mol. The van der Waals surface area contributed by atoms with E-state index in [4.69, 9.17) is 23.2 Å². The van der Waals surface area contributed by atoms with Crippen LogP contribution in [0.4, 0.5) is 5.69 Å². The van der Waals surface area contributed by atoms with E-state index < -0.39 is 0 Å². The maximum absolute atomic E-state index is 5.77. The highest BCUT2D eigenvalue weighted by atomic mass is 35.5. The Balaban J connectivity index is 1.63. The Bertz CT molecular complexity index is 600. The number of fused-ring (bicyclic) bond motifs is 3. The first kappa shape index (κ1) is 15.2. The van der Waals surface area contributed by atoms with Crippen LogP contribution in [0, 0.1) is 0 Å². The molecule has 0 amide bonds. The molecule has 0 saturated carbocycles. The molecule has 0 radical (unpaired) electrons. The van der Waals surface area contributed by atoms with Gasteiger partial charge in [0, 0.05) is 43.0 Å². The largest absolute Gasteiger partial charge is 0.367 e. The van der Waals surface area contributed by atoms with Gasteiger partial charge in [0.05, 0.1) is 5.69 Å². The first-order valence-corrected chi connectivity index (χ1v) is 9.74. The van der Waals surface area contributed by atoms with Gasteiger partial charge in [-0.3, -0.25) is 4.90 Å². The number of likely N-dealkylation sites (tertiary alicyclic amines) is 1. The number of thioether (sulfide) groups is 1. The lowest BCUT2D eigenvalue weighted by molar-refractivity contribution is 0.211. The fourth-order valence-electron chi connectivity index (χ4n) is 4.17. The molecule has 0 N–H and O–H groups in total. The number of para-hydroxylation sites is 1. The van der Waals surface area contributed by atoms with Crippen molar-refractivity contribution >= 4 is 40.7 Å². The van der Waals surface area contributed by atoms with Crippen molar-refractivity contribution in [3.05, 3.63) is 34.3 Å². The van der Waals surface area contributed by atoms with E-state index in [9.17, 15) is 0 Å². The average molecular weight is 355 g/mol. The first-order valence-electron chi connectivity index (χ1n) is 8.00. The Hall–Kier alpha value is -0.350. The van der Waals surface area contributed by atoms with Crippen molar-refractivity contribution in [3.63, 3.8) is 0 Å². The van der Waals surface area contributed by atoms with Crippen molar-refractivity contribution in [1.82, 2.24) is 4.90 Å². The normalized spacial score (nSPS) is 27.1. The minimum Gasteiger partial charge on any atom is -0.367 e. The van der Waals surface area contributed by atoms with Crippen molar-refractivity contribution in [2.75, 3.05) is 36.8 Å². The van der Waals surface area contributed by atoms with Gasteiger partial charge in [-0.2, -0.15) is 0 Å². The summed E-state index contributed by atoms with van der Waals surface area (Å²) in [5.41, 5.74) is 3.09. The van der Waals surface area contributed by atoms with E-state index in [1.807, 2.05) is 17.8 Å². The molecule has 4 rings (SSSR count). The van der Waals surface area contributed by atoms with Crippen LogP contribution in [0.2, 0.25) is 0 Å². The maximum atomic E-state index is 5.77. The fraction of sp³-hybridized carbons (Fsp3) is 0.529. The summed E-state index contributed by atoms with van der Waals surface area (Å²) in [5, 5.41) is 0. The van der Waals surface area contributed by atoms with Crippen LogP contribution < -0.4 is 4.90 Å². The van der Waals surface area contributed by atoms with E-state index in [0.29, 0.717) is 16.5 Å². The number of benzene rings is 1. The molecule has 3 aliphatic heterocycles. The standard InChI is InChI=1S/C17H20Cl2N2S/c18-16(19)6-9-20-8-5-14-13(11-20)12-3-1-4-15-17(12)21(14)7-2-10-22-15/h1,3-4,6,13-14H,2,5,7-11H2. The quantitative estimate of drug-likeness (QED) is 0.772. The molecule has 118 valence electrons. The summed E-state index contributed by atoms with van der Waals surface area (Å²) in [5.74, 6) is 1.88. The fourth-order valence-corrected chi connectivity index (χ4v) is 5.35. The Kier molecular flexibility index (Phi) is 4.33. The van der Waals surface area contributed by atoms with Gasteiger partial charge in [-0.25, -0.2) is 0 Å². The van der Waals surface area contributed by atoms with Crippen LogP contribution in [0.3, 0.4) is 0 Å². The molecule has 3 aliphatic rings. The Labute approximate surface area is 146 Å². The molecule has 0 spiro atoms. The van der Waals surface area contributed by atoms with Crippen molar-refractivity contribution < 1.29 is 0 Å². The third kappa shape index (κ3) is 2.66. The van der Waals surface area contributed by atoms with Gasteiger partial charge in [0.1, 0.15) is 4.49 Å². The molecular formula is C17H20Cl2N2S. The number of nitrogens with zero attached hydrogens (tertiary/aromatic N) is 2. The van der Waals surface area contributed by atoms with Gasteiger partial charge in [0.15, 0.2) is 0 Å². The minimum atomic E-state index is 0.378. The van der Waals surface area contributed by atoms with Gasteiger partial charge in [-0.05, 0) is 36.3 Å². The molecule has 1 aromatic carbocycles. The second-order valence-corrected chi connectivity index (χ2v) is 8.45. The lowest BCUT2D eigenvalue weighted by Gasteiger charge is -2.38. The van der Waals surface area contributed by atoms with Crippen LogP contribution in [-0.4, -0.2) is 42.9 Å². The second-order valence-electron chi connectivity index (χ2n) is 6.31. The molecule has 22 heavy (non-hydrogen) atoms. The number of hydrogen-bond donors (Lipinski definition) is 0. The topological polar surface area (TPSA) is 6.48 Å². The van der Waals surface area contributed by atoms with Gasteiger partial charge in [0.2, 0.25) is 0 Å². The predicted octanol–water partition coefficient (Wildman–Crippen LogP) is 4.48. The summed E-state index contributed by atoms with van der Waals surface area (Å²) in [6.45, 7) is 4.31. The summed E-state index contributed by atoms with van der Waals surface area (Å²) >= 11 is 13.6. The molecule has 2 nitrogen and oxygen atoms in total. The monoisotopic (exact) mass is 354 g/mol. The van der Waals surface area contributed by atoms with Gasteiger partial charge in [-0.1, -0.05) is 35.3 Å². The first-order chi connectivity index (χ1) is 10.7. The highest BCUT2D eigenvalue weighted by molar-refractivity contribution is 7.99. The van der Waals surface area contributed by atoms with Crippen LogP contribution in [0.5, 0.6) is 0 Å². The molecule has 0 bridgehead atoms. The summed E-state index contributed by atoms with van der Waals surface area (Å²) in [7, 11) is 0. The molecule has 2 unspecified atom stereocenters. The lowest BCUT2D eigenvalue weighted by Crippen LogP contribution is -2.46. The molecule has 0 aromatic heterocycles. The summed E-state index contributed by atoms with van der Waals surface area (Å²) < 4.78 is 0.378. The molecule has 2 atom stereocenters. The summed E-state index contributed by atoms with van der Waals surface area (Å²) in [4.78, 5) is 6.67. The van der Waals surface area contributed by atoms with Crippen LogP contribution in [0.25, 0.3) is 0 Å². The van der Waals surface area contributed by atoms with E-state index in [-0.39, 0.29) is 0 Å². The van der Waals surface area contributed by atoms with Crippen LogP contribution in [0.1, 0.15) is 24.3 Å². The van der Waals surface area contributed by atoms with Gasteiger partial charge in [-0.15, -0.1) is 11.8 Å². The zero-order valence-corrected chi connectivity index (χ0v) is 14.8. The van der Waals surface area contributed by atoms with E-state index in [1.54, 1.807) is 5.56 Å².